The van der Waals surface area contributed by atoms with E-state index >= 15 is 0 Å². The Morgan fingerprint density at radius 3 is 2.69 bits per heavy atom. The zero-order chi connectivity index (χ0) is 18.9. The second-order valence-corrected chi connectivity index (χ2v) is 8.80. The molecule has 2 heterocycles. The highest BCUT2D eigenvalue weighted by molar-refractivity contribution is 7.92. The number of carbonyl (C=O) groups excluding carboxylic acids is 1. The Kier molecular flexibility index (Phi) is 4.97. The number of sulfonamides is 1. The van der Waals surface area contributed by atoms with E-state index in [2.05, 4.69) is 20.1 Å². The predicted molar refractivity (Wildman–Crippen MR) is 103 cm³/mol. The maximum atomic E-state index is 12.2. The molecule has 0 fully saturated rings. The normalized spacial score (nSPS) is 11.7. The standard InChI is InChI=1S/C16H19N5O3S2/c1-10-8-11(2)21(19-10)7-6-15(22)17-12-4-5-13-14(9-12)25-16(18-13)20-26(3,23)24/h4-5,8-9H,6-7H2,1-3H3,(H,17,22)(H,18,20). The van der Waals surface area contributed by atoms with Crippen LogP contribution >= 0.6 is 11.3 Å². The minimum absolute atomic E-state index is 0.115. The number of nitrogens with one attached hydrogen (secondary N) is 2. The molecular formula is C16H19N5O3S2. The first-order valence-electron chi connectivity index (χ1n) is 7.89. The molecule has 8 nitrogen and oxygen atoms in total. The van der Waals surface area contributed by atoms with Crippen LogP contribution in [0.2, 0.25) is 0 Å². The molecule has 1 amide bonds. The molecule has 1 aromatic carbocycles. The number of aromatic nitrogens is 3. The highest BCUT2D eigenvalue weighted by Gasteiger charge is 2.10. The van der Waals surface area contributed by atoms with Crippen LogP contribution in [-0.4, -0.2) is 35.3 Å². The van der Waals surface area contributed by atoms with Gasteiger partial charge in [-0.2, -0.15) is 5.10 Å². The maximum Gasteiger partial charge on any atom is 0.231 e. The minimum atomic E-state index is -3.37. The van der Waals surface area contributed by atoms with Crippen molar-refractivity contribution in [1.29, 1.82) is 0 Å². The first-order chi connectivity index (χ1) is 12.2. The van der Waals surface area contributed by atoms with Gasteiger partial charge in [0.15, 0.2) is 5.13 Å². The van der Waals surface area contributed by atoms with E-state index in [9.17, 15) is 13.2 Å². The third-order valence-corrected chi connectivity index (χ3v) is 5.23. The van der Waals surface area contributed by atoms with Gasteiger partial charge >= 0.3 is 0 Å². The van der Waals surface area contributed by atoms with Crippen LogP contribution in [0.1, 0.15) is 17.8 Å². The van der Waals surface area contributed by atoms with Crippen LogP contribution in [0.4, 0.5) is 10.8 Å². The number of hydrogen-bond acceptors (Lipinski definition) is 6. The molecule has 0 radical (unpaired) electrons. The van der Waals surface area contributed by atoms with E-state index in [0.29, 0.717) is 29.3 Å². The summed E-state index contributed by atoms with van der Waals surface area (Å²) >= 11 is 1.21. The number of nitrogens with zero attached hydrogens (tertiary/aromatic N) is 3. The minimum Gasteiger partial charge on any atom is -0.326 e. The Morgan fingerprint density at radius 1 is 1.27 bits per heavy atom. The fourth-order valence-corrected chi connectivity index (χ4v) is 4.28. The van der Waals surface area contributed by atoms with Crippen LogP contribution in [0.5, 0.6) is 0 Å². The molecule has 2 N–H and O–H groups in total. The van der Waals surface area contributed by atoms with Crippen molar-refractivity contribution in [2.75, 3.05) is 16.3 Å². The van der Waals surface area contributed by atoms with Gasteiger partial charge in [-0.1, -0.05) is 11.3 Å². The molecule has 0 aliphatic rings. The van der Waals surface area contributed by atoms with E-state index in [1.165, 1.54) is 11.3 Å². The number of aryl methyl sites for hydroxylation is 3. The molecule has 0 aliphatic carbocycles. The summed E-state index contributed by atoms with van der Waals surface area (Å²) in [5, 5.41) is 7.49. The van der Waals surface area contributed by atoms with Crippen molar-refractivity contribution in [3.8, 4) is 0 Å². The van der Waals surface area contributed by atoms with Gasteiger partial charge in [-0.05, 0) is 38.1 Å². The smallest absolute Gasteiger partial charge is 0.231 e. The van der Waals surface area contributed by atoms with E-state index in [4.69, 9.17) is 0 Å². The topological polar surface area (TPSA) is 106 Å². The summed E-state index contributed by atoms with van der Waals surface area (Å²) in [4.78, 5) is 16.4. The second kappa shape index (κ2) is 7.04. The van der Waals surface area contributed by atoms with E-state index in [0.717, 1.165) is 22.3 Å². The quantitative estimate of drug-likeness (QED) is 0.669. The van der Waals surface area contributed by atoms with Gasteiger partial charge in [-0.3, -0.25) is 14.2 Å². The molecule has 2 aromatic heterocycles. The van der Waals surface area contributed by atoms with Gasteiger partial charge in [0, 0.05) is 24.3 Å². The first-order valence-corrected chi connectivity index (χ1v) is 10.6. The summed E-state index contributed by atoms with van der Waals surface area (Å²) in [7, 11) is -3.37. The molecular weight excluding hydrogens is 374 g/mol. The van der Waals surface area contributed by atoms with Crippen LogP contribution in [0.25, 0.3) is 10.2 Å². The van der Waals surface area contributed by atoms with Crippen molar-refractivity contribution >= 4 is 48.3 Å². The van der Waals surface area contributed by atoms with Crippen molar-refractivity contribution in [1.82, 2.24) is 14.8 Å². The fraction of sp³-hybridized carbons (Fsp3) is 0.312. The molecule has 0 spiro atoms. The van der Waals surface area contributed by atoms with Crippen molar-refractivity contribution in [3.63, 3.8) is 0 Å². The van der Waals surface area contributed by atoms with Crippen molar-refractivity contribution < 1.29 is 13.2 Å². The molecule has 26 heavy (non-hydrogen) atoms. The molecule has 0 bridgehead atoms. The Balaban J connectivity index is 1.66. The largest absolute Gasteiger partial charge is 0.326 e. The molecule has 3 aromatic rings. The Hall–Kier alpha value is -2.46. The van der Waals surface area contributed by atoms with Crippen molar-refractivity contribution in [2.24, 2.45) is 0 Å². The zero-order valence-corrected chi connectivity index (χ0v) is 16.2. The summed E-state index contributed by atoms with van der Waals surface area (Å²) < 4.78 is 27.5. The molecule has 138 valence electrons. The monoisotopic (exact) mass is 393 g/mol. The van der Waals surface area contributed by atoms with Gasteiger partial charge in [-0.25, -0.2) is 13.4 Å². The number of amides is 1. The van der Waals surface area contributed by atoms with Crippen LogP contribution in [0, 0.1) is 13.8 Å². The molecule has 3 rings (SSSR count). The lowest BCUT2D eigenvalue weighted by Crippen LogP contribution is -2.15. The number of carbonyl (C=O) groups is 1. The van der Waals surface area contributed by atoms with Crippen LogP contribution in [0.15, 0.2) is 24.3 Å². The van der Waals surface area contributed by atoms with Crippen molar-refractivity contribution in [3.05, 3.63) is 35.7 Å². The lowest BCUT2D eigenvalue weighted by atomic mass is 10.3. The molecule has 0 saturated heterocycles. The van der Waals surface area contributed by atoms with E-state index < -0.39 is 10.0 Å². The van der Waals surface area contributed by atoms with Crippen LogP contribution in [-0.2, 0) is 21.4 Å². The third-order valence-electron chi connectivity index (χ3n) is 3.60. The molecule has 0 atom stereocenters. The summed E-state index contributed by atoms with van der Waals surface area (Å²) in [6.07, 6.45) is 1.39. The van der Waals surface area contributed by atoms with Crippen LogP contribution < -0.4 is 10.0 Å². The summed E-state index contributed by atoms with van der Waals surface area (Å²) in [6, 6.07) is 7.24. The number of fused-ring (bicyclic) bond motifs is 1. The van der Waals surface area contributed by atoms with Gasteiger partial charge in [0.2, 0.25) is 15.9 Å². The van der Waals surface area contributed by atoms with Crippen LogP contribution in [0.3, 0.4) is 0 Å². The number of rotatable bonds is 6. The van der Waals surface area contributed by atoms with E-state index in [1.807, 2.05) is 24.6 Å². The lowest BCUT2D eigenvalue weighted by Gasteiger charge is -2.06. The Bertz CT molecular complexity index is 1070. The highest BCUT2D eigenvalue weighted by atomic mass is 32.2. The Morgan fingerprint density at radius 2 is 2.04 bits per heavy atom. The van der Waals surface area contributed by atoms with Gasteiger partial charge in [0.1, 0.15) is 0 Å². The third kappa shape index (κ3) is 4.58. The molecule has 0 saturated carbocycles. The van der Waals surface area contributed by atoms with Crippen molar-refractivity contribution in [2.45, 2.75) is 26.8 Å². The zero-order valence-electron chi connectivity index (χ0n) is 14.6. The molecule has 0 aliphatic heterocycles. The van der Waals surface area contributed by atoms with E-state index in [-0.39, 0.29) is 5.91 Å². The van der Waals surface area contributed by atoms with Gasteiger partial charge in [-0.15, -0.1) is 0 Å². The molecule has 0 unspecified atom stereocenters. The Labute approximate surface area is 155 Å². The number of anilines is 2. The average molecular weight is 393 g/mol. The fourth-order valence-electron chi connectivity index (χ4n) is 2.54. The highest BCUT2D eigenvalue weighted by Crippen LogP contribution is 2.28. The summed E-state index contributed by atoms with van der Waals surface area (Å²) in [5.74, 6) is -0.115. The average Bonchev–Trinajstić information content (AvgIpc) is 3.04. The SMILES string of the molecule is Cc1cc(C)n(CCC(=O)Nc2ccc3nc(NS(C)(=O)=O)sc3c2)n1. The molecule has 10 heteroatoms. The summed E-state index contributed by atoms with van der Waals surface area (Å²) in [5.41, 5.74) is 3.26. The lowest BCUT2D eigenvalue weighted by molar-refractivity contribution is -0.116. The first kappa shape index (κ1) is 18.3. The van der Waals surface area contributed by atoms with Gasteiger partial charge in [0.05, 0.1) is 22.2 Å². The second-order valence-electron chi connectivity index (χ2n) is 6.02. The van der Waals surface area contributed by atoms with Gasteiger partial charge in [0.25, 0.3) is 0 Å². The maximum absolute atomic E-state index is 12.2. The van der Waals surface area contributed by atoms with E-state index in [1.54, 1.807) is 18.2 Å². The number of thiazole rings is 1. The predicted octanol–water partition coefficient (Wildman–Crippen LogP) is 2.51. The van der Waals surface area contributed by atoms with Gasteiger partial charge < -0.3 is 5.32 Å². The number of benzene rings is 1. The number of hydrogen-bond donors (Lipinski definition) is 2. The summed E-state index contributed by atoms with van der Waals surface area (Å²) in [6.45, 7) is 4.38.